The Morgan fingerprint density at radius 2 is 1.89 bits per heavy atom. The van der Waals surface area contributed by atoms with Crippen molar-refractivity contribution in [3.63, 3.8) is 0 Å². The maximum atomic E-state index is 13.0. The number of halogens is 2. The molecule has 0 radical (unpaired) electrons. The van der Waals surface area contributed by atoms with Gasteiger partial charge in [0.2, 0.25) is 10.0 Å². The molecular weight excluding hydrogens is 276 g/mol. The van der Waals surface area contributed by atoms with Gasteiger partial charge >= 0.3 is 0 Å². The van der Waals surface area contributed by atoms with Crippen molar-refractivity contribution in [2.24, 2.45) is 0 Å². The Bertz CT molecular complexity index is 636. The van der Waals surface area contributed by atoms with Gasteiger partial charge in [0.05, 0.1) is 4.90 Å². The zero-order chi connectivity index (χ0) is 13.9. The summed E-state index contributed by atoms with van der Waals surface area (Å²) in [5, 5.41) is 0. The van der Waals surface area contributed by atoms with E-state index in [2.05, 4.69) is 14.7 Å². The first kappa shape index (κ1) is 13.6. The molecule has 0 spiro atoms. The minimum absolute atomic E-state index is 0.0774. The van der Waals surface area contributed by atoms with Crippen LogP contribution in [0.5, 0.6) is 0 Å². The Labute approximate surface area is 108 Å². The first-order chi connectivity index (χ1) is 8.97. The highest BCUT2D eigenvalue weighted by Gasteiger charge is 2.16. The number of sulfonamides is 1. The first-order valence-electron chi connectivity index (χ1n) is 5.41. The molecule has 8 heteroatoms. The maximum absolute atomic E-state index is 13.0. The number of aromatic amines is 1. The number of benzene rings is 1. The van der Waals surface area contributed by atoms with Crippen LogP contribution in [0.25, 0.3) is 0 Å². The fourth-order valence-electron chi connectivity index (χ4n) is 1.51. The molecular formula is C11H11F2N3O2S. The molecule has 0 atom stereocenters. The molecule has 0 saturated heterocycles. The molecule has 0 bridgehead atoms. The Morgan fingerprint density at radius 1 is 1.21 bits per heavy atom. The van der Waals surface area contributed by atoms with Gasteiger partial charge < -0.3 is 4.98 Å². The molecule has 0 fully saturated rings. The maximum Gasteiger partial charge on any atom is 0.240 e. The molecule has 1 aromatic carbocycles. The van der Waals surface area contributed by atoms with Crippen LogP contribution in [0.2, 0.25) is 0 Å². The molecule has 0 amide bonds. The predicted octanol–water partition coefficient (Wildman–Crippen LogP) is 1.21. The number of aromatic nitrogens is 2. The lowest BCUT2D eigenvalue weighted by molar-refractivity contribution is 0.561. The van der Waals surface area contributed by atoms with Crippen LogP contribution in [0.15, 0.2) is 35.5 Å². The lowest BCUT2D eigenvalue weighted by Gasteiger charge is -2.06. The van der Waals surface area contributed by atoms with E-state index in [0.717, 1.165) is 12.1 Å². The first-order valence-corrected chi connectivity index (χ1v) is 6.90. The monoisotopic (exact) mass is 287 g/mol. The van der Waals surface area contributed by atoms with Crippen LogP contribution < -0.4 is 4.72 Å². The van der Waals surface area contributed by atoms with E-state index in [1.54, 1.807) is 12.4 Å². The van der Waals surface area contributed by atoms with E-state index in [1.165, 1.54) is 0 Å². The SMILES string of the molecule is O=S(=O)(NCCc1ncc[nH]1)c1cc(F)cc(F)c1. The molecule has 2 N–H and O–H groups in total. The third kappa shape index (κ3) is 3.58. The number of H-pyrrole nitrogens is 1. The van der Waals surface area contributed by atoms with Crippen molar-refractivity contribution in [2.45, 2.75) is 11.3 Å². The van der Waals surface area contributed by atoms with E-state index in [9.17, 15) is 17.2 Å². The van der Waals surface area contributed by atoms with Crippen molar-refractivity contribution in [3.05, 3.63) is 48.1 Å². The molecule has 0 aliphatic carbocycles. The van der Waals surface area contributed by atoms with Crippen molar-refractivity contribution in [1.29, 1.82) is 0 Å². The highest BCUT2D eigenvalue weighted by atomic mass is 32.2. The molecule has 0 unspecified atom stereocenters. The summed E-state index contributed by atoms with van der Waals surface area (Å²) in [6, 6.07) is 2.14. The average molecular weight is 287 g/mol. The van der Waals surface area contributed by atoms with Crippen LogP contribution in [-0.4, -0.2) is 24.9 Å². The summed E-state index contributed by atoms with van der Waals surface area (Å²) in [7, 11) is -3.93. The Kier molecular flexibility index (Phi) is 3.91. The number of imidazole rings is 1. The number of nitrogens with zero attached hydrogens (tertiary/aromatic N) is 1. The van der Waals surface area contributed by atoms with Gasteiger partial charge in [-0.05, 0) is 12.1 Å². The van der Waals surface area contributed by atoms with Gasteiger partial charge in [-0.2, -0.15) is 0 Å². The molecule has 0 aliphatic rings. The molecule has 102 valence electrons. The standard InChI is InChI=1S/C11H11F2N3O2S/c12-8-5-9(13)7-10(6-8)19(17,18)16-2-1-11-14-3-4-15-11/h3-7,16H,1-2H2,(H,14,15). The molecule has 19 heavy (non-hydrogen) atoms. The van der Waals surface area contributed by atoms with Crippen molar-refractivity contribution in [2.75, 3.05) is 6.54 Å². The van der Waals surface area contributed by atoms with Gasteiger partial charge in [0.25, 0.3) is 0 Å². The predicted molar refractivity (Wildman–Crippen MR) is 63.8 cm³/mol. The zero-order valence-corrected chi connectivity index (χ0v) is 10.5. The molecule has 5 nitrogen and oxygen atoms in total. The third-order valence-electron chi connectivity index (χ3n) is 2.36. The van der Waals surface area contributed by atoms with E-state index in [4.69, 9.17) is 0 Å². The quantitative estimate of drug-likeness (QED) is 0.868. The fourth-order valence-corrected chi connectivity index (χ4v) is 2.58. The lowest BCUT2D eigenvalue weighted by atomic mass is 10.3. The molecule has 0 saturated carbocycles. The van der Waals surface area contributed by atoms with Gasteiger partial charge in [0.15, 0.2) is 0 Å². The van der Waals surface area contributed by atoms with Gasteiger partial charge in [-0.1, -0.05) is 0 Å². The van der Waals surface area contributed by atoms with Gasteiger partial charge in [0, 0.05) is 31.4 Å². The van der Waals surface area contributed by atoms with Crippen molar-refractivity contribution >= 4 is 10.0 Å². The fraction of sp³-hybridized carbons (Fsp3) is 0.182. The van der Waals surface area contributed by atoms with Gasteiger partial charge in [0.1, 0.15) is 17.5 Å². The van der Waals surface area contributed by atoms with Crippen LogP contribution in [0, 0.1) is 11.6 Å². The summed E-state index contributed by atoms with van der Waals surface area (Å²) >= 11 is 0. The summed E-state index contributed by atoms with van der Waals surface area (Å²) in [5.41, 5.74) is 0. The van der Waals surface area contributed by atoms with Crippen LogP contribution >= 0.6 is 0 Å². The largest absolute Gasteiger partial charge is 0.349 e. The number of rotatable bonds is 5. The van der Waals surface area contributed by atoms with Crippen molar-refractivity contribution in [3.8, 4) is 0 Å². The normalized spacial score (nSPS) is 11.7. The third-order valence-corrected chi connectivity index (χ3v) is 3.80. The van der Waals surface area contributed by atoms with Crippen molar-refractivity contribution in [1.82, 2.24) is 14.7 Å². The molecule has 1 heterocycles. The van der Waals surface area contributed by atoms with E-state index in [0.29, 0.717) is 18.3 Å². The Hall–Kier alpha value is -1.80. The number of hydrogen-bond acceptors (Lipinski definition) is 3. The van der Waals surface area contributed by atoms with E-state index in [1.807, 2.05) is 0 Å². The lowest BCUT2D eigenvalue weighted by Crippen LogP contribution is -2.26. The zero-order valence-electron chi connectivity index (χ0n) is 9.73. The summed E-state index contributed by atoms with van der Waals surface area (Å²) in [4.78, 5) is 6.30. The summed E-state index contributed by atoms with van der Waals surface area (Å²) in [6.45, 7) is 0.0774. The minimum Gasteiger partial charge on any atom is -0.349 e. The summed E-state index contributed by atoms with van der Waals surface area (Å²) in [5.74, 6) is -1.26. The summed E-state index contributed by atoms with van der Waals surface area (Å²) in [6.07, 6.45) is 3.52. The summed E-state index contributed by atoms with van der Waals surface area (Å²) < 4.78 is 51.7. The molecule has 1 aromatic heterocycles. The van der Waals surface area contributed by atoms with Crippen LogP contribution in [-0.2, 0) is 16.4 Å². The van der Waals surface area contributed by atoms with Crippen LogP contribution in [0.3, 0.4) is 0 Å². The van der Waals surface area contributed by atoms with Gasteiger partial charge in [-0.25, -0.2) is 26.9 Å². The van der Waals surface area contributed by atoms with Crippen LogP contribution in [0.4, 0.5) is 8.78 Å². The second-order valence-corrected chi connectivity index (χ2v) is 5.56. The molecule has 2 aromatic rings. The average Bonchev–Trinajstić information content (AvgIpc) is 2.80. The van der Waals surface area contributed by atoms with Crippen molar-refractivity contribution < 1.29 is 17.2 Å². The highest BCUT2D eigenvalue weighted by molar-refractivity contribution is 7.89. The Balaban J connectivity index is 2.05. The van der Waals surface area contributed by atoms with E-state index >= 15 is 0 Å². The van der Waals surface area contributed by atoms with Gasteiger partial charge in [-0.3, -0.25) is 0 Å². The highest BCUT2D eigenvalue weighted by Crippen LogP contribution is 2.13. The second-order valence-electron chi connectivity index (χ2n) is 3.79. The second kappa shape index (κ2) is 5.45. The minimum atomic E-state index is -3.93. The smallest absolute Gasteiger partial charge is 0.240 e. The number of hydrogen-bond donors (Lipinski definition) is 2. The van der Waals surface area contributed by atoms with E-state index in [-0.39, 0.29) is 6.54 Å². The van der Waals surface area contributed by atoms with Crippen LogP contribution in [0.1, 0.15) is 5.82 Å². The van der Waals surface area contributed by atoms with E-state index < -0.39 is 26.6 Å². The Morgan fingerprint density at radius 3 is 2.47 bits per heavy atom. The molecule has 0 aliphatic heterocycles. The molecule has 2 rings (SSSR count). The number of nitrogens with one attached hydrogen (secondary N) is 2. The van der Waals surface area contributed by atoms with Gasteiger partial charge in [-0.15, -0.1) is 0 Å². The topological polar surface area (TPSA) is 74.8 Å².